The maximum atomic E-state index is 11.9. The lowest BCUT2D eigenvalue weighted by Crippen LogP contribution is -2.19. The summed E-state index contributed by atoms with van der Waals surface area (Å²) in [4.78, 5) is 11.9. The standard InChI is InChI=1S/C15H14ClN3O/c1-10(13-9-12(16)7-8-14(13)17)18-19-15(20)11-5-3-2-4-6-11/h2-9H,17H2,1H3,(H,19,20)/b18-10+. The third-order valence-corrected chi connectivity index (χ3v) is 3.00. The van der Waals surface area contributed by atoms with Gasteiger partial charge in [0.05, 0.1) is 5.71 Å². The quantitative estimate of drug-likeness (QED) is 0.517. The van der Waals surface area contributed by atoms with E-state index in [-0.39, 0.29) is 5.91 Å². The molecule has 2 aromatic carbocycles. The summed E-state index contributed by atoms with van der Waals surface area (Å²) < 4.78 is 0. The zero-order valence-corrected chi connectivity index (χ0v) is 11.7. The Balaban J connectivity index is 2.15. The van der Waals surface area contributed by atoms with Gasteiger partial charge in [0.2, 0.25) is 0 Å². The fourth-order valence-corrected chi connectivity index (χ4v) is 1.86. The van der Waals surface area contributed by atoms with Crippen molar-refractivity contribution in [3.05, 3.63) is 64.7 Å². The van der Waals surface area contributed by atoms with Crippen LogP contribution in [0.1, 0.15) is 22.8 Å². The van der Waals surface area contributed by atoms with E-state index in [1.54, 1.807) is 49.4 Å². The molecular formula is C15H14ClN3O. The van der Waals surface area contributed by atoms with Gasteiger partial charge < -0.3 is 5.73 Å². The predicted octanol–water partition coefficient (Wildman–Crippen LogP) is 3.08. The van der Waals surface area contributed by atoms with E-state index >= 15 is 0 Å². The number of nitrogens with one attached hydrogen (secondary N) is 1. The van der Waals surface area contributed by atoms with Gasteiger partial charge in [0, 0.05) is 21.8 Å². The van der Waals surface area contributed by atoms with Gasteiger partial charge in [0.25, 0.3) is 5.91 Å². The molecule has 1 amide bonds. The third kappa shape index (κ3) is 3.36. The molecule has 0 spiro atoms. The van der Waals surface area contributed by atoms with Gasteiger partial charge in [-0.1, -0.05) is 29.8 Å². The lowest BCUT2D eigenvalue weighted by atomic mass is 10.1. The minimum absolute atomic E-state index is 0.273. The third-order valence-electron chi connectivity index (χ3n) is 2.77. The highest BCUT2D eigenvalue weighted by Gasteiger charge is 2.06. The number of nitrogen functional groups attached to an aromatic ring is 1. The fourth-order valence-electron chi connectivity index (χ4n) is 1.69. The minimum Gasteiger partial charge on any atom is -0.398 e. The molecule has 2 rings (SSSR count). The van der Waals surface area contributed by atoms with Crippen molar-refractivity contribution in [3.8, 4) is 0 Å². The molecule has 0 saturated heterocycles. The number of hydrazone groups is 1. The first-order valence-corrected chi connectivity index (χ1v) is 6.41. The van der Waals surface area contributed by atoms with Gasteiger partial charge in [-0.25, -0.2) is 5.43 Å². The molecule has 0 atom stereocenters. The molecule has 0 heterocycles. The number of carbonyl (C=O) groups is 1. The van der Waals surface area contributed by atoms with Crippen LogP contribution in [0.15, 0.2) is 53.6 Å². The second kappa shape index (κ2) is 6.21. The summed E-state index contributed by atoms with van der Waals surface area (Å²) in [6, 6.07) is 14.0. The van der Waals surface area contributed by atoms with Crippen LogP contribution >= 0.6 is 11.6 Å². The molecule has 0 aliphatic rings. The lowest BCUT2D eigenvalue weighted by Gasteiger charge is -2.06. The summed E-state index contributed by atoms with van der Waals surface area (Å²) in [6.45, 7) is 1.76. The van der Waals surface area contributed by atoms with Crippen molar-refractivity contribution >= 4 is 28.9 Å². The highest BCUT2D eigenvalue weighted by Crippen LogP contribution is 2.18. The average Bonchev–Trinajstić information content (AvgIpc) is 2.47. The van der Waals surface area contributed by atoms with Gasteiger partial charge >= 0.3 is 0 Å². The highest BCUT2D eigenvalue weighted by molar-refractivity contribution is 6.31. The van der Waals surface area contributed by atoms with E-state index in [1.165, 1.54) is 0 Å². The van der Waals surface area contributed by atoms with Crippen LogP contribution in [0.3, 0.4) is 0 Å². The Labute approximate surface area is 122 Å². The number of hydrogen-bond acceptors (Lipinski definition) is 3. The average molecular weight is 288 g/mol. The molecule has 4 nitrogen and oxygen atoms in total. The van der Waals surface area contributed by atoms with Gasteiger partial charge in [0.15, 0.2) is 0 Å². The van der Waals surface area contributed by atoms with Crippen molar-refractivity contribution in [2.75, 3.05) is 5.73 Å². The Hall–Kier alpha value is -2.33. The van der Waals surface area contributed by atoms with Crippen molar-refractivity contribution in [2.24, 2.45) is 5.10 Å². The fraction of sp³-hybridized carbons (Fsp3) is 0.0667. The van der Waals surface area contributed by atoms with E-state index in [1.807, 2.05) is 6.07 Å². The van der Waals surface area contributed by atoms with Gasteiger partial charge in [-0.05, 0) is 37.3 Å². The summed E-state index contributed by atoms with van der Waals surface area (Å²) in [7, 11) is 0. The zero-order valence-electron chi connectivity index (χ0n) is 10.9. The number of nitrogens with zero attached hydrogens (tertiary/aromatic N) is 1. The molecule has 0 aliphatic heterocycles. The largest absolute Gasteiger partial charge is 0.398 e. The Kier molecular flexibility index (Phi) is 4.38. The summed E-state index contributed by atoms with van der Waals surface area (Å²) in [5.41, 5.74) is 10.7. The number of rotatable bonds is 3. The van der Waals surface area contributed by atoms with Crippen molar-refractivity contribution in [1.29, 1.82) is 0 Å². The Bertz CT molecular complexity index is 653. The smallest absolute Gasteiger partial charge is 0.271 e. The number of carbonyl (C=O) groups excluding carboxylic acids is 1. The Morgan fingerprint density at radius 1 is 1.20 bits per heavy atom. The van der Waals surface area contributed by atoms with Crippen LogP contribution < -0.4 is 11.2 Å². The van der Waals surface area contributed by atoms with Crippen LogP contribution in [0.25, 0.3) is 0 Å². The van der Waals surface area contributed by atoms with Crippen molar-refractivity contribution in [1.82, 2.24) is 5.43 Å². The highest BCUT2D eigenvalue weighted by atomic mass is 35.5. The summed E-state index contributed by atoms with van der Waals surface area (Å²) in [5.74, 6) is -0.273. The number of amides is 1. The molecule has 20 heavy (non-hydrogen) atoms. The molecule has 0 aliphatic carbocycles. The number of nitrogens with two attached hydrogens (primary N) is 1. The number of halogens is 1. The van der Waals surface area contributed by atoms with E-state index < -0.39 is 0 Å². The van der Waals surface area contributed by atoms with Crippen LogP contribution in [-0.4, -0.2) is 11.6 Å². The van der Waals surface area contributed by atoms with E-state index in [9.17, 15) is 4.79 Å². The van der Waals surface area contributed by atoms with Gasteiger partial charge in [-0.2, -0.15) is 5.10 Å². The van der Waals surface area contributed by atoms with Gasteiger partial charge in [-0.3, -0.25) is 4.79 Å². The first-order chi connectivity index (χ1) is 9.58. The van der Waals surface area contributed by atoms with Crippen molar-refractivity contribution < 1.29 is 4.79 Å². The van der Waals surface area contributed by atoms with E-state index in [4.69, 9.17) is 17.3 Å². The molecular weight excluding hydrogens is 274 g/mol. The summed E-state index contributed by atoms with van der Waals surface area (Å²) in [5, 5.41) is 4.62. The maximum absolute atomic E-state index is 11.9. The second-order valence-corrected chi connectivity index (χ2v) is 4.67. The van der Waals surface area contributed by atoms with Gasteiger partial charge in [0.1, 0.15) is 0 Å². The normalized spacial score (nSPS) is 11.2. The molecule has 3 N–H and O–H groups in total. The lowest BCUT2D eigenvalue weighted by molar-refractivity contribution is 0.0955. The van der Waals surface area contributed by atoms with Crippen molar-refractivity contribution in [3.63, 3.8) is 0 Å². The Morgan fingerprint density at radius 3 is 2.60 bits per heavy atom. The van der Waals surface area contributed by atoms with Crippen molar-refractivity contribution in [2.45, 2.75) is 6.92 Å². The molecule has 0 aromatic heterocycles. The zero-order chi connectivity index (χ0) is 14.5. The van der Waals surface area contributed by atoms with Crippen LogP contribution in [0.5, 0.6) is 0 Å². The molecule has 102 valence electrons. The summed E-state index contributed by atoms with van der Waals surface area (Å²) >= 11 is 5.92. The first kappa shape index (κ1) is 14.1. The first-order valence-electron chi connectivity index (χ1n) is 6.03. The molecule has 0 bridgehead atoms. The molecule has 2 aromatic rings. The van der Waals surface area contributed by atoms with Gasteiger partial charge in [-0.15, -0.1) is 0 Å². The molecule has 0 fully saturated rings. The van der Waals surface area contributed by atoms with E-state index in [0.717, 1.165) is 0 Å². The molecule has 0 radical (unpaired) electrons. The molecule has 0 saturated carbocycles. The van der Waals surface area contributed by atoms with E-state index in [0.29, 0.717) is 27.5 Å². The summed E-state index contributed by atoms with van der Waals surface area (Å²) in [6.07, 6.45) is 0. The number of anilines is 1. The minimum atomic E-state index is -0.273. The van der Waals surface area contributed by atoms with Crippen LogP contribution in [0.2, 0.25) is 5.02 Å². The number of benzene rings is 2. The maximum Gasteiger partial charge on any atom is 0.271 e. The van der Waals surface area contributed by atoms with Crippen LogP contribution in [-0.2, 0) is 0 Å². The molecule has 0 unspecified atom stereocenters. The molecule has 5 heteroatoms. The second-order valence-electron chi connectivity index (χ2n) is 4.24. The monoisotopic (exact) mass is 287 g/mol. The predicted molar refractivity (Wildman–Crippen MR) is 82.0 cm³/mol. The topological polar surface area (TPSA) is 67.5 Å². The van der Waals surface area contributed by atoms with Crippen LogP contribution in [0.4, 0.5) is 5.69 Å². The van der Waals surface area contributed by atoms with E-state index in [2.05, 4.69) is 10.5 Å². The Morgan fingerprint density at radius 2 is 1.90 bits per heavy atom. The SMILES string of the molecule is C/C(=N\NC(=O)c1ccccc1)c1cc(Cl)ccc1N. The van der Waals surface area contributed by atoms with Crippen LogP contribution in [0, 0.1) is 0 Å². The number of hydrogen-bond donors (Lipinski definition) is 2.